The van der Waals surface area contributed by atoms with Crippen molar-refractivity contribution in [2.24, 2.45) is 0 Å². The summed E-state index contributed by atoms with van der Waals surface area (Å²) >= 11 is 7.67. The van der Waals surface area contributed by atoms with Gasteiger partial charge in [-0.1, -0.05) is 23.7 Å². The lowest BCUT2D eigenvalue weighted by Gasteiger charge is -2.30. The lowest BCUT2D eigenvalue weighted by Crippen LogP contribution is -2.18. The van der Waals surface area contributed by atoms with Crippen molar-refractivity contribution in [2.75, 3.05) is 6.26 Å². The van der Waals surface area contributed by atoms with E-state index in [1.807, 2.05) is 6.07 Å². The lowest BCUT2D eigenvalue weighted by atomic mass is 9.95. The summed E-state index contributed by atoms with van der Waals surface area (Å²) < 4.78 is 5.99. The maximum Gasteiger partial charge on any atom is 0.127 e. The van der Waals surface area contributed by atoms with Crippen molar-refractivity contribution in [3.8, 4) is 5.75 Å². The highest BCUT2D eigenvalue weighted by Crippen LogP contribution is 2.41. The van der Waals surface area contributed by atoms with E-state index in [0.29, 0.717) is 17.2 Å². The number of hydrogen-bond acceptors (Lipinski definition) is 3. The van der Waals surface area contributed by atoms with E-state index in [1.54, 1.807) is 23.9 Å². The Bertz CT molecular complexity index is 612. The lowest BCUT2D eigenvalue weighted by molar-refractivity contribution is 0.0657. The molecule has 0 saturated carbocycles. The maximum absolute atomic E-state index is 10.3. The second-order valence-electron chi connectivity index (χ2n) is 4.81. The SMILES string of the molecule is CSc1ccc(C2C[C@H](O)c3cc(Cl)ccc3O2)cc1. The van der Waals surface area contributed by atoms with Crippen molar-refractivity contribution in [2.45, 2.75) is 23.5 Å². The first-order valence-electron chi connectivity index (χ1n) is 6.45. The molecule has 0 bridgehead atoms. The molecular weight excluding hydrogens is 292 g/mol. The van der Waals surface area contributed by atoms with Crippen LogP contribution in [0.1, 0.15) is 29.8 Å². The topological polar surface area (TPSA) is 29.5 Å². The highest BCUT2D eigenvalue weighted by Gasteiger charge is 2.28. The van der Waals surface area contributed by atoms with Gasteiger partial charge < -0.3 is 9.84 Å². The summed E-state index contributed by atoms with van der Waals surface area (Å²) in [5.41, 5.74) is 1.86. The summed E-state index contributed by atoms with van der Waals surface area (Å²) in [6.07, 6.45) is 1.94. The zero-order chi connectivity index (χ0) is 14.1. The van der Waals surface area contributed by atoms with Crippen molar-refractivity contribution in [1.82, 2.24) is 0 Å². The molecule has 20 heavy (non-hydrogen) atoms. The van der Waals surface area contributed by atoms with Crippen LogP contribution in [0.3, 0.4) is 0 Å². The van der Waals surface area contributed by atoms with Gasteiger partial charge in [-0.05, 0) is 42.2 Å². The zero-order valence-electron chi connectivity index (χ0n) is 11.0. The van der Waals surface area contributed by atoms with E-state index in [4.69, 9.17) is 16.3 Å². The highest BCUT2D eigenvalue weighted by molar-refractivity contribution is 7.98. The first-order valence-corrected chi connectivity index (χ1v) is 8.06. The van der Waals surface area contributed by atoms with E-state index < -0.39 is 6.10 Å². The minimum atomic E-state index is -0.539. The summed E-state index contributed by atoms with van der Waals surface area (Å²) in [7, 11) is 0. The Labute approximate surface area is 127 Å². The molecule has 0 fully saturated rings. The molecule has 0 aromatic heterocycles. The Hall–Kier alpha value is -1.16. The molecule has 0 radical (unpaired) electrons. The molecule has 104 valence electrons. The van der Waals surface area contributed by atoms with Crippen LogP contribution in [0, 0.1) is 0 Å². The predicted octanol–water partition coefficient (Wildman–Crippen LogP) is 4.62. The Morgan fingerprint density at radius 3 is 2.65 bits per heavy atom. The van der Waals surface area contributed by atoms with Crippen molar-refractivity contribution in [1.29, 1.82) is 0 Å². The van der Waals surface area contributed by atoms with Crippen molar-refractivity contribution in [3.05, 3.63) is 58.6 Å². The first-order chi connectivity index (χ1) is 9.67. The Morgan fingerprint density at radius 1 is 1.20 bits per heavy atom. The van der Waals surface area contributed by atoms with Crippen LogP contribution in [0.15, 0.2) is 47.4 Å². The molecule has 2 aromatic carbocycles. The summed E-state index contributed by atoms with van der Waals surface area (Å²) in [6, 6.07) is 13.7. The Balaban J connectivity index is 1.88. The van der Waals surface area contributed by atoms with Gasteiger partial charge in [0.15, 0.2) is 0 Å². The average Bonchev–Trinajstić information content (AvgIpc) is 2.48. The molecule has 0 amide bonds. The highest BCUT2D eigenvalue weighted by atomic mass is 35.5. The number of benzene rings is 2. The second kappa shape index (κ2) is 5.68. The number of thioether (sulfide) groups is 1. The molecule has 1 aliphatic heterocycles. The first kappa shape index (κ1) is 13.8. The van der Waals surface area contributed by atoms with E-state index in [2.05, 4.69) is 30.5 Å². The van der Waals surface area contributed by atoms with E-state index >= 15 is 0 Å². The fourth-order valence-electron chi connectivity index (χ4n) is 2.44. The van der Waals surface area contributed by atoms with Crippen LogP contribution in [0.4, 0.5) is 0 Å². The van der Waals surface area contributed by atoms with E-state index in [0.717, 1.165) is 11.1 Å². The number of aliphatic hydroxyl groups is 1. The molecule has 1 aliphatic rings. The smallest absolute Gasteiger partial charge is 0.127 e. The summed E-state index contributed by atoms with van der Waals surface area (Å²) in [6.45, 7) is 0. The normalized spacial score (nSPS) is 21.1. The van der Waals surface area contributed by atoms with Crippen LogP contribution in [-0.2, 0) is 0 Å². The molecule has 0 saturated heterocycles. The van der Waals surface area contributed by atoms with Crippen molar-refractivity contribution in [3.63, 3.8) is 0 Å². The number of halogens is 1. The zero-order valence-corrected chi connectivity index (χ0v) is 12.6. The van der Waals surface area contributed by atoms with Crippen molar-refractivity contribution >= 4 is 23.4 Å². The third-order valence-corrected chi connectivity index (χ3v) is 4.50. The van der Waals surface area contributed by atoms with Gasteiger partial charge in [-0.15, -0.1) is 11.8 Å². The van der Waals surface area contributed by atoms with E-state index in [9.17, 15) is 5.11 Å². The molecule has 2 nitrogen and oxygen atoms in total. The molecule has 2 atom stereocenters. The molecule has 0 spiro atoms. The van der Waals surface area contributed by atoms with Gasteiger partial charge in [0, 0.05) is 21.9 Å². The summed E-state index contributed by atoms with van der Waals surface area (Å²) in [5, 5.41) is 10.9. The summed E-state index contributed by atoms with van der Waals surface area (Å²) in [4.78, 5) is 1.22. The number of aliphatic hydroxyl groups excluding tert-OH is 1. The average molecular weight is 307 g/mol. The molecule has 1 N–H and O–H groups in total. The van der Waals surface area contributed by atoms with Gasteiger partial charge in [-0.3, -0.25) is 0 Å². The molecule has 0 aliphatic carbocycles. The molecule has 2 aromatic rings. The minimum absolute atomic E-state index is 0.116. The molecule has 1 heterocycles. The molecule has 1 unspecified atom stereocenters. The fraction of sp³-hybridized carbons (Fsp3) is 0.250. The Kier molecular flexibility index (Phi) is 3.92. The van der Waals surface area contributed by atoms with E-state index in [1.165, 1.54) is 4.90 Å². The maximum atomic E-state index is 10.3. The van der Waals surface area contributed by atoms with Gasteiger partial charge in [0.25, 0.3) is 0 Å². The van der Waals surface area contributed by atoms with Crippen molar-refractivity contribution < 1.29 is 9.84 Å². The number of rotatable bonds is 2. The monoisotopic (exact) mass is 306 g/mol. The van der Waals surface area contributed by atoms with Gasteiger partial charge in [-0.25, -0.2) is 0 Å². The number of hydrogen-bond donors (Lipinski definition) is 1. The standard InChI is InChI=1S/C16H15ClO2S/c1-20-12-5-2-10(3-6-12)16-9-14(18)13-8-11(17)4-7-15(13)19-16/h2-8,14,16,18H,9H2,1H3/t14-,16?/m0/s1. The van der Waals surface area contributed by atoms with Gasteiger partial charge in [0.05, 0.1) is 6.10 Å². The third-order valence-electron chi connectivity index (χ3n) is 3.52. The van der Waals surface area contributed by atoms with E-state index in [-0.39, 0.29) is 6.10 Å². The third kappa shape index (κ3) is 2.66. The van der Waals surface area contributed by atoms with Crippen LogP contribution in [0.2, 0.25) is 5.02 Å². The largest absolute Gasteiger partial charge is 0.485 e. The van der Waals surface area contributed by atoms with Crippen LogP contribution < -0.4 is 4.74 Å². The molecular formula is C16H15ClO2S. The minimum Gasteiger partial charge on any atom is -0.485 e. The van der Waals surface area contributed by atoms with Crippen LogP contribution in [0.5, 0.6) is 5.75 Å². The number of fused-ring (bicyclic) bond motifs is 1. The van der Waals surface area contributed by atoms with Crippen LogP contribution in [0.25, 0.3) is 0 Å². The number of ether oxygens (including phenoxy) is 1. The Morgan fingerprint density at radius 2 is 1.95 bits per heavy atom. The van der Waals surface area contributed by atoms with Gasteiger partial charge in [-0.2, -0.15) is 0 Å². The molecule has 3 rings (SSSR count). The quantitative estimate of drug-likeness (QED) is 0.821. The summed E-state index contributed by atoms with van der Waals surface area (Å²) in [5.74, 6) is 0.715. The second-order valence-corrected chi connectivity index (χ2v) is 6.13. The van der Waals surface area contributed by atoms with Gasteiger partial charge >= 0.3 is 0 Å². The van der Waals surface area contributed by atoms with Crippen LogP contribution >= 0.6 is 23.4 Å². The van der Waals surface area contributed by atoms with Gasteiger partial charge in [0.2, 0.25) is 0 Å². The van der Waals surface area contributed by atoms with Crippen LogP contribution in [-0.4, -0.2) is 11.4 Å². The predicted molar refractivity (Wildman–Crippen MR) is 82.6 cm³/mol. The molecule has 4 heteroatoms. The van der Waals surface area contributed by atoms with Gasteiger partial charge in [0.1, 0.15) is 11.9 Å². The fourth-order valence-corrected chi connectivity index (χ4v) is 3.03.